The number of benzene rings is 5. The Labute approximate surface area is 674 Å². The Morgan fingerprint density at radius 2 is 0.654 bits per heavy atom. The molecule has 0 bridgehead atoms. The van der Waals surface area contributed by atoms with Crippen molar-refractivity contribution >= 4 is 0 Å². The summed E-state index contributed by atoms with van der Waals surface area (Å²) in [4.78, 5) is 21.0. The van der Waals surface area contributed by atoms with Gasteiger partial charge in [0.05, 0.1) is 29.1 Å². The van der Waals surface area contributed by atoms with E-state index < -0.39 is 0 Å². The average Bonchev–Trinajstić information content (AvgIpc) is 1.61. The van der Waals surface area contributed by atoms with Gasteiger partial charge in [-0.3, -0.25) is 0 Å². The molecule has 0 atom stereocenters. The number of aryl methyl sites for hydroxylation is 7. The number of hydrogen-bond donors (Lipinski definition) is 0. The second-order valence-electron chi connectivity index (χ2n) is 23.3. The standard InChI is InChI=1S/C18H19N4.C17H17N4.2C15H13N4.C14H11N4.5Ir/c1-12(2)17-20-21-18(15-9-6-10-19-11-15)22(17)16-13(3)7-5-8-14(16)4;1-12(2)16-19-20-17(15-10-7-11-18-13(15)3)21(16)14-8-5-4-6-9-14;1-11-14(9-6-10-16-11)15-18-17-12(2)19(15)13-7-4-3-5-8-13;1-2-14-17-18-15(12-7-6-10-16-11-12)19(14)13-8-4-3-5-9-13;1-11-16-17-14(12-6-5-9-15-10-12)18(11)13-7-3-2-4-8-13;;;;;/h5-8,10-12H,1-4H3;4-9,11-12H,1-3H3;3-8,10H,1-2H3;3-6,8-11H,2H2,1H3;2-5,7-10H,1H3;;;;;/q5*-1;;;;;. The summed E-state index contributed by atoms with van der Waals surface area (Å²) in [7, 11) is 0. The van der Waals surface area contributed by atoms with Gasteiger partial charge in [0, 0.05) is 147 Å². The number of aromatic nitrogens is 20. The van der Waals surface area contributed by atoms with Crippen molar-refractivity contribution in [1.82, 2.24) is 98.7 Å². The molecular formula is C79H73Ir5N20-5. The van der Waals surface area contributed by atoms with Crippen LogP contribution in [0.4, 0.5) is 0 Å². The molecule has 10 aromatic heterocycles. The summed E-state index contributed by atoms with van der Waals surface area (Å²) in [6.45, 7) is 22.6. The number of rotatable bonds is 13. The summed E-state index contributed by atoms with van der Waals surface area (Å²) in [6, 6.07) is 71.5. The van der Waals surface area contributed by atoms with Crippen molar-refractivity contribution in [3.63, 3.8) is 0 Å². The maximum absolute atomic E-state index is 4.42. The van der Waals surface area contributed by atoms with Gasteiger partial charge < -0.3 is 47.8 Å². The number of para-hydroxylation sites is 5. The molecule has 25 heteroatoms. The summed E-state index contributed by atoms with van der Waals surface area (Å²) in [5.74, 6) is 8.93. The van der Waals surface area contributed by atoms with Crippen LogP contribution in [-0.4, -0.2) is 98.7 Å². The molecule has 10 heterocycles. The monoisotopic (exact) mass is 2270 g/mol. The second kappa shape index (κ2) is 40.7. The summed E-state index contributed by atoms with van der Waals surface area (Å²) in [5.41, 5.74) is 13.8. The predicted molar refractivity (Wildman–Crippen MR) is 383 cm³/mol. The Bertz CT molecular complexity index is 5020. The fourth-order valence-electron chi connectivity index (χ4n) is 11.0. The fourth-order valence-corrected chi connectivity index (χ4v) is 11.0. The number of pyridine rings is 5. The molecule has 15 aromatic rings. The summed E-state index contributed by atoms with van der Waals surface area (Å²) >= 11 is 0. The van der Waals surface area contributed by atoms with Gasteiger partial charge in [-0.2, -0.15) is 25.5 Å². The molecule has 0 aliphatic carbocycles. The minimum atomic E-state index is 0. The average molecular weight is 2260 g/mol. The van der Waals surface area contributed by atoms with Crippen molar-refractivity contribution in [1.29, 1.82) is 0 Å². The third-order valence-corrected chi connectivity index (χ3v) is 15.7. The molecule has 20 nitrogen and oxygen atoms in total. The van der Waals surface area contributed by atoms with Crippen molar-refractivity contribution < 1.29 is 101 Å². The van der Waals surface area contributed by atoms with Crippen LogP contribution in [0.2, 0.25) is 0 Å². The normalized spacial score (nSPS) is 10.3. The SMILES string of the molecule is CCc1nnc(-c2[c-]ccnc2)n1-c1ccccc1.Cc1cccc(C)c1-n1c(-c2[c-]ccnc2)nnc1C(C)C.Cc1ncc[c-]c1-c1nnc(C(C)C)n1-c1ccccc1.Cc1ncc[c-]c1-c1nnc(C)n1-c1ccccc1.Cc1nnc(-c2[c-]ccnc2)n1-c1ccccc1.[Ir].[Ir].[Ir].[Ir].[Ir]. The quantitative estimate of drug-likeness (QED) is 0.0980. The summed E-state index contributed by atoms with van der Waals surface area (Å²) in [6.07, 6.45) is 14.7. The van der Waals surface area contributed by atoms with Crippen LogP contribution < -0.4 is 0 Å². The van der Waals surface area contributed by atoms with Gasteiger partial charge in [-0.25, -0.2) is 0 Å². The van der Waals surface area contributed by atoms with Crippen molar-refractivity contribution in [2.24, 2.45) is 0 Å². The fraction of sp³-hybridized carbons (Fsp3) is 0.177. The van der Waals surface area contributed by atoms with E-state index in [1.165, 1.54) is 11.1 Å². The van der Waals surface area contributed by atoms with Gasteiger partial charge in [-0.05, 0) is 98.7 Å². The van der Waals surface area contributed by atoms with E-state index in [1.54, 1.807) is 79.9 Å². The third kappa shape index (κ3) is 20.0. The van der Waals surface area contributed by atoms with Crippen LogP contribution in [-0.2, 0) is 107 Å². The topological polar surface area (TPSA) is 218 Å². The second-order valence-corrected chi connectivity index (χ2v) is 23.3. The molecular weight excluding hydrogens is 2190 g/mol. The van der Waals surface area contributed by atoms with Crippen LogP contribution in [0.3, 0.4) is 0 Å². The molecule has 104 heavy (non-hydrogen) atoms. The van der Waals surface area contributed by atoms with Crippen molar-refractivity contribution in [2.45, 2.75) is 94.4 Å². The van der Waals surface area contributed by atoms with E-state index in [0.717, 1.165) is 132 Å². The van der Waals surface area contributed by atoms with Gasteiger partial charge >= 0.3 is 0 Å². The smallest absolute Gasteiger partial charge is 0.131 e. The maximum atomic E-state index is 4.42. The zero-order chi connectivity index (χ0) is 69.2. The molecule has 15 rings (SSSR count). The Morgan fingerprint density at radius 3 is 1.05 bits per heavy atom. The Kier molecular flexibility index (Phi) is 32.8. The number of nitrogens with zero attached hydrogens (tertiary/aromatic N) is 20. The molecule has 0 N–H and O–H groups in total. The van der Waals surface area contributed by atoms with Gasteiger partial charge in [0.2, 0.25) is 0 Å². The zero-order valence-electron chi connectivity index (χ0n) is 58.8. The Hall–Kier alpha value is -9.20. The molecule has 0 amide bonds. The van der Waals surface area contributed by atoms with Gasteiger partial charge in [-0.1, -0.05) is 217 Å². The zero-order valence-corrected chi connectivity index (χ0v) is 70.7. The molecule has 0 aliphatic rings. The molecule has 5 aromatic carbocycles. The molecule has 0 spiro atoms. The molecule has 0 unspecified atom stereocenters. The van der Waals surface area contributed by atoms with Crippen LogP contribution >= 0.6 is 0 Å². The molecule has 0 aliphatic heterocycles. The molecule has 0 saturated carbocycles. The first kappa shape index (κ1) is 83.7. The minimum Gasteiger partial charge on any atom is -0.360 e. The minimum absolute atomic E-state index is 0. The van der Waals surface area contributed by atoms with E-state index in [9.17, 15) is 0 Å². The van der Waals surface area contributed by atoms with E-state index >= 15 is 0 Å². The molecule has 5 radical (unpaired) electrons. The van der Waals surface area contributed by atoms with Crippen molar-refractivity contribution in [3.05, 3.63) is 301 Å². The van der Waals surface area contributed by atoms with Crippen LogP contribution in [0.15, 0.2) is 219 Å². The maximum Gasteiger partial charge on any atom is 0.131 e. The van der Waals surface area contributed by atoms with E-state index in [4.69, 9.17) is 0 Å². The van der Waals surface area contributed by atoms with Gasteiger partial charge in [0.1, 0.15) is 29.1 Å². The summed E-state index contributed by atoms with van der Waals surface area (Å²) < 4.78 is 10.3. The van der Waals surface area contributed by atoms with Gasteiger partial charge in [0.25, 0.3) is 0 Å². The van der Waals surface area contributed by atoms with Crippen LogP contribution in [0.25, 0.3) is 85.4 Å². The van der Waals surface area contributed by atoms with E-state index in [-0.39, 0.29) is 112 Å². The van der Waals surface area contributed by atoms with Gasteiger partial charge in [-0.15, -0.1) is 86.2 Å². The van der Waals surface area contributed by atoms with Crippen molar-refractivity contribution in [3.8, 4) is 85.4 Å². The van der Waals surface area contributed by atoms with Gasteiger partial charge in [0.15, 0.2) is 0 Å². The predicted octanol–water partition coefficient (Wildman–Crippen LogP) is 15.3. The largest absolute Gasteiger partial charge is 0.360 e. The van der Waals surface area contributed by atoms with E-state index in [1.807, 2.05) is 151 Å². The Balaban J connectivity index is 0.000000202. The molecule has 0 saturated heterocycles. The first-order valence-electron chi connectivity index (χ1n) is 32.4. The van der Waals surface area contributed by atoms with E-state index in [0.29, 0.717) is 0 Å². The van der Waals surface area contributed by atoms with E-state index in [2.05, 4.69) is 194 Å². The summed E-state index contributed by atoms with van der Waals surface area (Å²) in [5, 5.41) is 42.9. The molecule has 539 valence electrons. The Morgan fingerprint density at radius 1 is 0.327 bits per heavy atom. The number of hydrogen-bond acceptors (Lipinski definition) is 15. The first-order chi connectivity index (χ1) is 48.3. The van der Waals surface area contributed by atoms with Crippen LogP contribution in [0.1, 0.15) is 98.1 Å². The first-order valence-corrected chi connectivity index (χ1v) is 32.4. The third-order valence-electron chi connectivity index (χ3n) is 15.7. The van der Waals surface area contributed by atoms with Crippen LogP contribution in [0, 0.1) is 71.9 Å². The molecule has 0 fully saturated rings. The van der Waals surface area contributed by atoms with Crippen molar-refractivity contribution in [2.75, 3.05) is 0 Å². The van der Waals surface area contributed by atoms with Crippen LogP contribution in [0.5, 0.6) is 0 Å².